The van der Waals surface area contributed by atoms with E-state index in [2.05, 4.69) is 77.0 Å². The fraction of sp³-hybridized carbons (Fsp3) is 0.350. The van der Waals surface area contributed by atoms with E-state index in [1.807, 2.05) is 37.3 Å². The average molecular weight is 756 g/mol. The fourth-order valence-corrected chi connectivity index (χ4v) is 6.50. The van der Waals surface area contributed by atoms with Gasteiger partial charge in [-0.05, 0) is 79.3 Å². The standard InChI is InChI=1S/C40H44F3N9O3/c1-25-20-29(10-14-33(25)45-22-30(21-44)36(54)46-23-34-47-38(50-49-34)39(2,3)40(41,42)43)27-6-4-26(5-7-27)24-51-16-18-52(19-17-51)31-11-8-28(9-12-31)32-13-15-35(53)48-37(32)55/h4-12,14,20-22,32H,13,15-19,23-24,44H2,1-3H3,(H,46,54)(H,47,49,50)(H,48,53,55)/b30-21+,45-22?. The Morgan fingerprint density at radius 3 is 2.33 bits per heavy atom. The van der Waals surface area contributed by atoms with Crippen molar-refractivity contribution in [3.05, 3.63) is 107 Å². The van der Waals surface area contributed by atoms with Crippen LogP contribution in [-0.4, -0.2) is 76.4 Å². The number of hydrogen-bond donors (Lipinski definition) is 4. The lowest BCUT2D eigenvalue weighted by Gasteiger charge is -2.36. The van der Waals surface area contributed by atoms with E-state index >= 15 is 0 Å². The molecular formula is C40H44F3N9O3. The van der Waals surface area contributed by atoms with E-state index in [9.17, 15) is 27.6 Å². The number of imide groups is 1. The molecule has 3 heterocycles. The lowest BCUT2D eigenvalue weighted by molar-refractivity contribution is -0.182. The summed E-state index contributed by atoms with van der Waals surface area (Å²) in [5.41, 5.74) is 10.4. The fourth-order valence-electron chi connectivity index (χ4n) is 6.50. The number of piperidine rings is 1. The Balaban J connectivity index is 0.978. The maximum atomic E-state index is 13.3. The second-order valence-corrected chi connectivity index (χ2v) is 14.3. The summed E-state index contributed by atoms with van der Waals surface area (Å²) in [6, 6.07) is 22.5. The predicted molar refractivity (Wildman–Crippen MR) is 203 cm³/mol. The molecule has 288 valence electrons. The summed E-state index contributed by atoms with van der Waals surface area (Å²) in [6.45, 7) is 8.19. The molecule has 2 fully saturated rings. The number of carbonyl (C=O) groups excluding carboxylic acids is 3. The van der Waals surface area contributed by atoms with Gasteiger partial charge in [-0.25, -0.2) is 4.98 Å². The number of nitrogens with one attached hydrogen (secondary N) is 3. The van der Waals surface area contributed by atoms with E-state index in [0.717, 1.165) is 80.7 Å². The van der Waals surface area contributed by atoms with Crippen molar-refractivity contribution in [2.45, 2.75) is 64.2 Å². The first-order chi connectivity index (χ1) is 26.2. The number of halogens is 3. The number of aromatic nitrogens is 3. The maximum absolute atomic E-state index is 13.3. The summed E-state index contributed by atoms with van der Waals surface area (Å²) < 4.78 is 40.0. The third-order valence-electron chi connectivity index (χ3n) is 10.2. The smallest absolute Gasteiger partial charge is 0.401 e. The van der Waals surface area contributed by atoms with Gasteiger partial charge in [0.25, 0.3) is 5.91 Å². The molecule has 0 aliphatic carbocycles. The first-order valence-electron chi connectivity index (χ1n) is 18.1. The molecule has 1 aromatic heterocycles. The van der Waals surface area contributed by atoms with Crippen LogP contribution in [0.15, 0.2) is 83.5 Å². The number of nitrogens with two attached hydrogens (primary N) is 1. The summed E-state index contributed by atoms with van der Waals surface area (Å²) in [6.07, 6.45) is -1.19. The van der Waals surface area contributed by atoms with Crippen LogP contribution in [0.25, 0.3) is 11.1 Å². The average Bonchev–Trinajstić information content (AvgIpc) is 3.65. The minimum atomic E-state index is -4.54. The lowest BCUT2D eigenvalue weighted by Crippen LogP contribution is -2.46. The van der Waals surface area contributed by atoms with Gasteiger partial charge in [0.1, 0.15) is 11.2 Å². The highest BCUT2D eigenvalue weighted by molar-refractivity contribution is 6.12. The molecule has 0 saturated carbocycles. The predicted octanol–water partition coefficient (Wildman–Crippen LogP) is 5.32. The second kappa shape index (κ2) is 16.3. The Bertz CT molecular complexity index is 2080. The summed E-state index contributed by atoms with van der Waals surface area (Å²) >= 11 is 0. The van der Waals surface area contributed by atoms with Crippen LogP contribution >= 0.6 is 0 Å². The molecule has 5 N–H and O–H groups in total. The molecule has 0 radical (unpaired) electrons. The Hall–Kier alpha value is -5.83. The number of rotatable bonds is 11. The molecule has 1 unspecified atom stereocenters. The number of alkyl halides is 3. The van der Waals surface area contributed by atoms with Gasteiger partial charge in [0.05, 0.1) is 23.7 Å². The van der Waals surface area contributed by atoms with Crippen molar-refractivity contribution < 1.29 is 27.6 Å². The SMILES string of the molecule is Cc1cc(-c2ccc(CN3CCN(c4ccc(C5CCC(=O)NC5=O)cc4)CC3)cc2)ccc1N=C/C(=C\N)C(=O)NCc1nc(C(C)(C)C(F)(F)F)n[nH]1. The number of amides is 3. The number of carbonyl (C=O) groups is 3. The van der Waals surface area contributed by atoms with Crippen molar-refractivity contribution in [3.8, 4) is 11.1 Å². The van der Waals surface area contributed by atoms with Gasteiger partial charge in [0, 0.05) is 57.2 Å². The first-order valence-corrected chi connectivity index (χ1v) is 18.1. The quantitative estimate of drug-likeness (QED) is 0.0909. The van der Waals surface area contributed by atoms with Gasteiger partial charge in [-0.2, -0.15) is 18.3 Å². The van der Waals surface area contributed by atoms with Gasteiger partial charge in [0.2, 0.25) is 11.8 Å². The van der Waals surface area contributed by atoms with Gasteiger partial charge >= 0.3 is 6.18 Å². The zero-order valence-electron chi connectivity index (χ0n) is 30.9. The molecule has 2 saturated heterocycles. The van der Waals surface area contributed by atoms with E-state index < -0.39 is 23.3 Å². The van der Waals surface area contributed by atoms with Crippen molar-refractivity contribution in [2.75, 3.05) is 31.1 Å². The summed E-state index contributed by atoms with van der Waals surface area (Å²) in [5, 5.41) is 11.1. The molecule has 6 rings (SSSR count). The summed E-state index contributed by atoms with van der Waals surface area (Å²) in [7, 11) is 0. The number of H-pyrrole nitrogens is 1. The number of benzene rings is 3. The Morgan fingerprint density at radius 2 is 1.69 bits per heavy atom. The monoisotopic (exact) mass is 755 g/mol. The third kappa shape index (κ3) is 9.11. The van der Waals surface area contributed by atoms with Crippen molar-refractivity contribution in [1.29, 1.82) is 0 Å². The largest absolute Gasteiger partial charge is 0.404 e. The van der Waals surface area contributed by atoms with Crippen LogP contribution in [-0.2, 0) is 32.9 Å². The van der Waals surface area contributed by atoms with Crippen LogP contribution in [0.4, 0.5) is 24.5 Å². The number of piperazine rings is 1. The Labute approximate surface area is 317 Å². The number of nitrogens with zero attached hydrogens (tertiary/aromatic N) is 5. The number of anilines is 1. The van der Waals surface area contributed by atoms with Crippen LogP contribution < -0.4 is 21.3 Å². The minimum Gasteiger partial charge on any atom is -0.404 e. The van der Waals surface area contributed by atoms with Crippen LogP contribution in [0, 0.1) is 6.92 Å². The Morgan fingerprint density at radius 1 is 1.00 bits per heavy atom. The van der Waals surface area contributed by atoms with Crippen LogP contribution in [0.3, 0.4) is 0 Å². The highest BCUT2D eigenvalue weighted by Gasteiger charge is 2.51. The van der Waals surface area contributed by atoms with E-state index in [0.29, 0.717) is 18.5 Å². The number of hydrogen-bond acceptors (Lipinski definition) is 9. The van der Waals surface area contributed by atoms with Gasteiger partial charge in [-0.15, -0.1) is 0 Å². The zero-order chi connectivity index (χ0) is 39.3. The molecule has 2 aliphatic heterocycles. The summed E-state index contributed by atoms with van der Waals surface area (Å²) in [5.74, 6) is -1.63. The van der Waals surface area contributed by atoms with Gasteiger partial charge in [-0.3, -0.25) is 34.7 Å². The van der Waals surface area contributed by atoms with E-state index in [-0.39, 0.29) is 35.7 Å². The first kappa shape index (κ1) is 38.9. The van der Waals surface area contributed by atoms with Crippen LogP contribution in [0.2, 0.25) is 0 Å². The molecule has 3 aromatic carbocycles. The highest BCUT2D eigenvalue weighted by atomic mass is 19.4. The zero-order valence-corrected chi connectivity index (χ0v) is 30.9. The van der Waals surface area contributed by atoms with Crippen LogP contribution in [0.1, 0.15) is 60.9 Å². The minimum absolute atomic E-state index is 0.0662. The molecule has 4 aromatic rings. The molecule has 55 heavy (non-hydrogen) atoms. The number of aromatic amines is 1. The topological polar surface area (TPSA) is 162 Å². The van der Waals surface area contributed by atoms with Crippen molar-refractivity contribution in [3.63, 3.8) is 0 Å². The molecule has 0 bridgehead atoms. The second-order valence-electron chi connectivity index (χ2n) is 14.3. The molecule has 15 heteroatoms. The molecule has 3 amide bonds. The molecule has 12 nitrogen and oxygen atoms in total. The van der Waals surface area contributed by atoms with Gasteiger partial charge in [0.15, 0.2) is 5.82 Å². The number of aliphatic imine (C=N–C) groups is 1. The summed E-state index contributed by atoms with van der Waals surface area (Å²) in [4.78, 5) is 49.6. The lowest BCUT2D eigenvalue weighted by atomic mass is 9.90. The molecular weight excluding hydrogens is 711 g/mol. The van der Waals surface area contributed by atoms with Crippen molar-refractivity contribution in [2.24, 2.45) is 10.7 Å². The highest BCUT2D eigenvalue weighted by Crippen LogP contribution is 2.38. The van der Waals surface area contributed by atoms with Crippen LogP contribution in [0.5, 0.6) is 0 Å². The van der Waals surface area contributed by atoms with Crippen molar-refractivity contribution in [1.82, 2.24) is 30.7 Å². The van der Waals surface area contributed by atoms with E-state index in [1.165, 1.54) is 11.8 Å². The maximum Gasteiger partial charge on any atom is 0.401 e. The number of aryl methyl sites for hydroxylation is 1. The van der Waals surface area contributed by atoms with Crippen molar-refractivity contribution >= 4 is 35.3 Å². The normalized spacial score (nSPS) is 17.5. The van der Waals surface area contributed by atoms with E-state index in [1.54, 1.807) is 0 Å². The third-order valence-corrected chi connectivity index (χ3v) is 10.2. The van der Waals surface area contributed by atoms with Gasteiger partial charge in [-0.1, -0.05) is 42.5 Å². The van der Waals surface area contributed by atoms with Gasteiger partial charge < -0.3 is 16.0 Å². The Kier molecular flexibility index (Phi) is 11.5. The molecule has 1 atom stereocenters. The van der Waals surface area contributed by atoms with E-state index in [4.69, 9.17) is 5.73 Å². The molecule has 2 aliphatic rings. The molecule has 0 spiro atoms.